The normalized spacial score (nSPS) is 18.2. The minimum Gasteiger partial charge on any atom is -0.497 e. The summed E-state index contributed by atoms with van der Waals surface area (Å²) in [5.41, 5.74) is 0.341. The molecule has 1 fully saturated rings. The zero-order valence-electron chi connectivity index (χ0n) is 19.4. The number of rotatable bonds is 9. The highest BCUT2D eigenvalue weighted by molar-refractivity contribution is 7.99. The van der Waals surface area contributed by atoms with E-state index in [1.165, 1.54) is 19.3 Å². The van der Waals surface area contributed by atoms with Gasteiger partial charge in [0.2, 0.25) is 5.91 Å². The summed E-state index contributed by atoms with van der Waals surface area (Å²) in [4.78, 5) is 27.5. The fraction of sp³-hybridized carbons (Fsp3) is 0.652. The van der Waals surface area contributed by atoms with Gasteiger partial charge in [0, 0.05) is 24.1 Å². The SMILES string of the molecule is COc1ccc(CNC(=O)C(CSCC2CCCCN2C)NC(=O)OC(C)(C)C)cc1. The van der Waals surface area contributed by atoms with Gasteiger partial charge in [-0.2, -0.15) is 11.8 Å². The maximum absolute atomic E-state index is 12.9. The van der Waals surface area contributed by atoms with Crippen LogP contribution in [0.4, 0.5) is 4.79 Å². The highest BCUT2D eigenvalue weighted by Crippen LogP contribution is 2.20. The van der Waals surface area contributed by atoms with E-state index >= 15 is 0 Å². The molecule has 7 nitrogen and oxygen atoms in total. The molecule has 0 aliphatic carbocycles. The summed E-state index contributed by atoms with van der Waals surface area (Å²) in [6, 6.07) is 7.38. The van der Waals surface area contributed by atoms with Crippen LogP contribution in [0.2, 0.25) is 0 Å². The van der Waals surface area contributed by atoms with Crippen molar-refractivity contribution < 1.29 is 19.1 Å². The van der Waals surface area contributed by atoms with Crippen molar-refractivity contribution in [1.82, 2.24) is 15.5 Å². The minimum absolute atomic E-state index is 0.217. The second kappa shape index (κ2) is 12.2. The predicted octanol–water partition coefficient (Wildman–Crippen LogP) is 3.42. The van der Waals surface area contributed by atoms with E-state index in [4.69, 9.17) is 9.47 Å². The lowest BCUT2D eigenvalue weighted by Gasteiger charge is -2.32. The molecule has 1 aromatic rings. The minimum atomic E-state index is -0.660. The molecule has 2 amide bonds. The van der Waals surface area contributed by atoms with Gasteiger partial charge in [0.15, 0.2) is 0 Å². The van der Waals surface area contributed by atoms with Crippen LogP contribution >= 0.6 is 11.8 Å². The molecule has 174 valence electrons. The first-order chi connectivity index (χ1) is 14.7. The zero-order valence-corrected chi connectivity index (χ0v) is 20.2. The number of benzene rings is 1. The van der Waals surface area contributed by atoms with E-state index in [0.29, 0.717) is 18.3 Å². The molecule has 1 aliphatic rings. The monoisotopic (exact) mass is 451 g/mol. The molecule has 2 N–H and O–H groups in total. The first-order valence-corrected chi connectivity index (χ1v) is 12.0. The van der Waals surface area contributed by atoms with Crippen LogP contribution in [0, 0.1) is 0 Å². The topological polar surface area (TPSA) is 79.9 Å². The lowest BCUT2D eigenvalue weighted by Crippen LogP contribution is -2.49. The number of carbonyl (C=O) groups excluding carboxylic acids is 2. The van der Waals surface area contributed by atoms with Gasteiger partial charge >= 0.3 is 6.09 Å². The summed E-state index contributed by atoms with van der Waals surface area (Å²) in [5.74, 6) is 1.99. The molecule has 0 aromatic heterocycles. The maximum Gasteiger partial charge on any atom is 0.408 e. The highest BCUT2D eigenvalue weighted by atomic mass is 32.2. The standard InChI is InChI=1S/C23H37N3O4S/c1-23(2,3)30-22(28)25-20(16-31-15-18-8-6-7-13-26(18)4)21(27)24-14-17-9-11-19(29-5)12-10-17/h9-12,18,20H,6-8,13-16H2,1-5H3,(H,24,27)(H,25,28). The van der Waals surface area contributed by atoms with Gasteiger partial charge in [0.1, 0.15) is 17.4 Å². The smallest absolute Gasteiger partial charge is 0.408 e. The van der Waals surface area contributed by atoms with Gasteiger partial charge in [-0.3, -0.25) is 4.79 Å². The Morgan fingerprint density at radius 1 is 1.23 bits per heavy atom. The number of ether oxygens (including phenoxy) is 2. The molecule has 1 aliphatic heterocycles. The molecule has 1 saturated heterocycles. The Morgan fingerprint density at radius 3 is 2.55 bits per heavy atom. The number of hydrogen-bond acceptors (Lipinski definition) is 6. The third-order valence-corrected chi connectivity index (χ3v) is 6.34. The quantitative estimate of drug-likeness (QED) is 0.599. The maximum atomic E-state index is 12.9. The summed E-state index contributed by atoms with van der Waals surface area (Å²) in [6.07, 6.45) is 3.09. The Balaban J connectivity index is 1.92. The van der Waals surface area contributed by atoms with E-state index in [1.807, 2.05) is 24.3 Å². The molecule has 8 heteroatoms. The van der Waals surface area contributed by atoms with Crippen LogP contribution in [0.25, 0.3) is 0 Å². The fourth-order valence-corrected chi connectivity index (χ4v) is 4.66. The number of thioether (sulfide) groups is 1. The first-order valence-electron chi connectivity index (χ1n) is 10.9. The van der Waals surface area contributed by atoms with Gasteiger partial charge in [-0.25, -0.2) is 4.79 Å². The Hall–Kier alpha value is -1.93. The first kappa shape index (κ1) is 25.3. The molecular weight excluding hydrogens is 414 g/mol. The number of likely N-dealkylation sites (tertiary alicyclic amines) is 1. The lowest BCUT2D eigenvalue weighted by molar-refractivity contribution is -0.122. The molecule has 0 bridgehead atoms. The predicted molar refractivity (Wildman–Crippen MR) is 126 cm³/mol. The Labute approximate surface area is 190 Å². The van der Waals surface area contributed by atoms with Crippen molar-refractivity contribution in [3.8, 4) is 5.75 Å². The number of piperidine rings is 1. The van der Waals surface area contributed by atoms with E-state index < -0.39 is 17.7 Å². The van der Waals surface area contributed by atoms with E-state index in [9.17, 15) is 9.59 Å². The largest absolute Gasteiger partial charge is 0.497 e. The molecule has 2 atom stereocenters. The number of methoxy groups -OCH3 is 1. The second-order valence-electron chi connectivity index (χ2n) is 8.93. The molecule has 1 heterocycles. The number of carbonyl (C=O) groups is 2. The van der Waals surface area contributed by atoms with Crippen molar-refractivity contribution in [1.29, 1.82) is 0 Å². The fourth-order valence-electron chi connectivity index (χ4n) is 3.37. The number of nitrogens with zero attached hydrogens (tertiary/aromatic N) is 1. The van der Waals surface area contributed by atoms with Crippen LogP contribution in [0.5, 0.6) is 5.75 Å². The second-order valence-corrected chi connectivity index (χ2v) is 10.0. The number of nitrogens with one attached hydrogen (secondary N) is 2. The van der Waals surface area contributed by atoms with Crippen LogP contribution in [0.3, 0.4) is 0 Å². The van der Waals surface area contributed by atoms with Crippen molar-refractivity contribution in [2.24, 2.45) is 0 Å². The van der Waals surface area contributed by atoms with E-state index in [2.05, 4.69) is 22.6 Å². The van der Waals surface area contributed by atoms with Gasteiger partial charge in [-0.05, 0) is 64.9 Å². The average Bonchev–Trinajstić information content (AvgIpc) is 2.71. The zero-order chi connectivity index (χ0) is 22.9. The summed E-state index contributed by atoms with van der Waals surface area (Å²) in [7, 11) is 3.77. The van der Waals surface area contributed by atoms with Crippen molar-refractivity contribution in [3.05, 3.63) is 29.8 Å². The van der Waals surface area contributed by atoms with Crippen molar-refractivity contribution in [3.63, 3.8) is 0 Å². The van der Waals surface area contributed by atoms with Gasteiger partial charge in [0.05, 0.1) is 7.11 Å². The summed E-state index contributed by atoms with van der Waals surface area (Å²) >= 11 is 1.70. The van der Waals surface area contributed by atoms with Crippen LogP contribution in [0.15, 0.2) is 24.3 Å². The van der Waals surface area contributed by atoms with Crippen molar-refractivity contribution >= 4 is 23.8 Å². The molecular formula is C23H37N3O4S. The number of hydrogen-bond donors (Lipinski definition) is 2. The van der Waals surface area contributed by atoms with Gasteiger partial charge in [-0.1, -0.05) is 18.6 Å². The molecule has 2 rings (SSSR count). The van der Waals surface area contributed by atoms with Gasteiger partial charge in [-0.15, -0.1) is 0 Å². The van der Waals surface area contributed by atoms with Gasteiger partial charge in [0.25, 0.3) is 0 Å². The Kier molecular flexibility index (Phi) is 9.96. The molecule has 0 spiro atoms. The molecule has 0 saturated carbocycles. The Morgan fingerprint density at radius 2 is 1.94 bits per heavy atom. The molecule has 31 heavy (non-hydrogen) atoms. The van der Waals surface area contributed by atoms with Crippen molar-refractivity contribution in [2.45, 2.75) is 64.3 Å². The van der Waals surface area contributed by atoms with Crippen LogP contribution in [0.1, 0.15) is 45.6 Å². The number of alkyl carbamates (subject to hydrolysis) is 1. The molecule has 1 aromatic carbocycles. The van der Waals surface area contributed by atoms with Crippen molar-refractivity contribution in [2.75, 3.05) is 32.2 Å². The molecule has 0 radical (unpaired) electrons. The summed E-state index contributed by atoms with van der Waals surface area (Å²) in [6.45, 7) is 6.91. The lowest BCUT2D eigenvalue weighted by atomic mass is 10.1. The van der Waals surface area contributed by atoms with Crippen LogP contribution < -0.4 is 15.4 Å². The highest BCUT2D eigenvalue weighted by Gasteiger charge is 2.25. The van der Waals surface area contributed by atoms with E-state index in [0.717, 1.165) is 23.6 Å². The van der Waals surface area contributed by atoms with Crippen LogP contribution in [-0.4, -0.2) is 66.8 Å². The van der Waals surface area contributed by atoms with E-state index in [-0.39, 0.29) is 5.91 Å². The Bertz CT molecular complexity index is 706. The third-order valence-electron chi connectivity index (χ3n) is 5.15. The van der Waals surface area contributed by atoms with Gasteiger partial charge < -0.3 is 25.0 Å². The molecule has 2 unspecified atom stereocenters. The van der Waals surface area contributed by atoms with Crippen LogP contribution in [-0.2, 0) is 16.1 Å². The summed E-state index contributed by atoms with van der Waals surface area (Å²) in [5, 5.41) is 5.68. The third kappa shape index (κ3) is 9.39. The van der Waals surface area contributed by atoms with E-state index in [1.54, 1.807) is 39.6 Å². The summed E-state index contributed by atoms with van der Waals surface area (Å²) < 4.78 is 10.5. The number of amides is 2. The average molecular weight is 452 g/mol.